The van der Waals surface area contributed by atoms with Crippen molar-refractivity contribution in [1.29, 1.82) is 0 Å². The van der Waals surface area contributed by atoms with E-state index in [1.54, 1.807) is 24.3 Å². The molecule has 0 radical (unpaired) electrons. The molecular weight excluding hydrogens is 264 g/mol. The first-order chi connectivity index (χ1) is 8.95. The molecule has 1 fully saturated rings. The fraction of sp³-hybridized carbons (Fsp3) is 0.538. The van der Waals surface area contributed by atoms with Crippen LogP contribution in [0.3, 0.4) is 0 Å². The van der Waals surface area contributed by atoms with Crippen molar-refractivity contribution >= 4 is 10.0 Å². The molecule has 1 saturated heterocycles. The first kappa shape index (κ1) is 14.5. The van der Waals surface area contributed by atoms with Crippen molar-refractivity contribution in [2.75, 3.05) is 19.8 Å². The summed E-state index contributed by atoms with van der Waals surface area (Å²) in [5.74, 6) is 0. The van der Waals surface area contributed by atoms with Gasteiger partial charge in [-0.05, 0) is 44.0 Å². The van der Waals surface area contributed by atoms with Crippen molar-refractivity contribution in [3.8, 4) is 0 Å². The second-order valence-corrected chi connectivity index (χ2v) is 6.83. The summed E-state index contributed by atoms with van der Waals surface area (Å²) in [7, 11) is -3.50. The Morgan fingerprint density at radius 1 is 1.37 bits per heavy atom. The molecule has 1 aliphatic heterocycles. The Morgan fingerprint density at radius 3 is 2.58 bits per heavy atom. The lowest BCUT2D eigenvalue weighted by atomic mass is 10.0. The van der Waals surface area contributed by atoms with Crippen LogP contribution in [0.2, 0.25) is 0 Å². The van der Waals surface area contributed by atoms with Gasteiger partial charge in [-0.2, -0.15) is 0 Å². The molecule has 1 unspecified atom stereocenters. The van der Waals surface area contributed by atoms with E-state index < -0.39 is 15.6 Å². The number of benzene rings is 1. The zero-order valence-corrected chi connectivity index (χ0v) is 11.9. The molecule has 0 aromatic heterocycles. The molecule has 0 spiro atoms. The SMILES string of the molecule is CC1(NS(=O)(=O)c2ccc(CCN)cc2)CCOC1. The molecule has 1 aromatic rings. The number of sulfonamides is 1. The molecule has 2 rings (SSSR count). The normalized spacial score (nSPS) is 23.7. The maximum atomic E-state index is 12.3. The van der Waals surface area contributed by atoms with Crippen LogP contribution in [-0.4, -0.2) is 33.7 Å². The smallest absolute Gasteiger partial charge is 0.241 e. The first-order valence-electron chi connectivity index (χ1n) is 6.36. The molecule has 0 saturated carbocycles. The molecule has 1 heterocycles. The van der Waals surface area contributed by atoms with Crippen LogP contribution in [0.4, 0.5) is 0 Å². The van der Waals surface area contributed by atoms with Crippen molar-refractivity contribution in [3.63, 3.8) is 0 Å². The van der Waals surface area contributed by atoms with Gasteiger partial charge in [0.25, 0.3) is 0 Å². The monoisotopic (exact) mass is 284 g/mol. The minimum absolute atomic E-state index is 0.279. The fourth-order valence-electron chi connectivity index (χ4n) is 2.13. The summed E-state index contributed by atoms with van der Waals surface area (Å²) in [6, 6.07) is 6.84. The third kappa shape index (κ3) is 3.54. The lowest BCUT2D eigenvalue weighted by Crippen LogP contribution is -2.46. The highest BCUT2D eigenvalue weighted by atomic mass is 32.2. The second-order valence-electron chi connectivity index (χ2n) is 5.15. The van der Waals surface area contributed by atoms with Crippen LogP contribution >= 0.6 is 0 Å². The predicted molar refractivity (Wildman–Crippen MR) is 73.4 cm³/mol. The van der Waals surface area contributed by atoms with Crippen LogP contribution in [0.15, 0.2) is 29.2 Å². The molecule has 1 aromatic carbocycles. The molecule has 1 aliphatic rings. The van der Waals surface area contributed by atoms with Gasteiger partial charge < -0.3 is 10.5 Å². The van der Waals surface area contributed by atoms with Crippen LogP contribution in [0.5, 0.6) is 0 Å². The molecule has 3 N–H and O–H groups in total. The fourth-order valence-corrected chi connectivity index (χ4v) is 3.55. The number of hydrogen-bond donors (Lipinski definition) is 2. The van der Waals surface area contributed by atoms with E-state index in [4.69, 9.17) is 10.5 Å². The van der Waals surface area contributed by atoms with Crippen LogP contribution in [0.25, 0.3) is 0 Å². The Balaban J connectivity index is 2.15. The van der Waals surface area contributed by atoms with E-state index in [0.29, 0.717) is 26.2 Å². The number of nitrogens with two attached hydrogens (primary N) is 1. The zero-order valence-electron chi connectivity index (χ0n) is 11.1. The van der Waals surface area contributed by atoms with E-state index in [0.717, 1.165) is 12.0 Å². The van der Waals surface area contributed by atoms with Gasteiger partial charge >= 0.3 is 0 Å². The zero-order chi connectivity index (χ0) is 13.9. The van der Waals surface area contributed by atoms with E-state index in [1.165, 1.54) is 0 Å². The molecule has 5 nitrogen and oxygen atoms in total. The summed E-state index contributed by atoms with van der Waals surface area (Å²) >= 11 is 0. The van der Waals surface area contributed by atoms with Gasteiger partial charge in [0, 0.05) is 6.61 Å². The Labute approximate surface area is 114 Å². The second kappa shape index (κ2) is 5.58. The molecule has 106 valence electrons. The summed E-state index contributed by atoms with van der Waals surface area (Å²) in [5, 5.41) is 0. The average molecular weight is 284 g/mol. The van der Waals surface area contributed by atoms with Gasteiger partial charge in [-0.1, -0.05) is 12.1 Å². The molecule has 19 heavy (non-hydrogen) atoms. The van der Waals surface area contributed by atoms with Gasteiger partial charge in [-0.25, -0.2) is 13.1 Å². The van der Waals surface area contributed by atoms with E-state index >= 15 is 0 Å². The van der Waals surface area contributed by atoms with Gasteiger partial charge in [0.05, 0.1) is 17.0 Å². The Kier molecular flexibility index (Phi) is 4.25. The van der Waals surface area contributed by atoms with Crippen molar-refractivity contribution in [1.82, 2.24) is 4.72 Å². The summed E-state index contributed by atoms with van der Waals surface area (Å²) in [6.07, 6.45) is 1.44. The highest BCUT2D eigenvalue weighted by Gasteiger charge is 2.34. The van der Waals surface area contributed by atoms with E-state index in [-0.39, 0.29) is 4.90 Å². The Morgan fingerprint density at radius 2 is 2.05 bits per heavy atom. The Bertz CT molecular complexity index is 519. The lowest BCUT2D eigenvalue weighted by Gasteiger charge is -2.23. The average Bonchev–Trinajstić information content (AvgIpc) is 2.76. The van der Waals surface area contributed by atoms with Crippen molar-refractivity contribution in [3.05, 3.63) is 29.8 Å². The number of hydrogen-bond acceptors (Lipinski definition) is 4. The van der Waals surface area contributed by atoms with Gasteiger partial charge in [0.15, 0.2) is 0 Å². The quantitative estimate of drug-likeness (QED) is 0.831. The van der Waals surface area contributed by atoms with Crippen molar-refractivity contribution < 1.29 is 13.2 Å². The van der Waals surface area contributed by atoms with Gasteiger partial charge in [-0.3, -0.25) is 0 Å². The van der Waals surface area contributed by atoms with Crippen molar-refractivity contribution in [2.24, 2.45) is 5.73 Å². The highest BCUT2D eigenvalue weighted by molar-refractivity contribution is 7.89. The van der Waals surface area contributed by atoms with Crippen LogP contribution in [-0.2, 0) is 21.2 Å². The van der Waals surface area contributed by atoms with Gasteiger partial charge in [-0.15, -0.1) is 0 Å². The van der Waals surface area contributed by atoms with E-state index in [9.17, 15) is 8.42 Å². The minimum Gasteiger partial charge on any atom is -0.379 e. The van der Waals surface area contributed by atoms with Gasteiger partial charge in [0.1, 0.15) is 0 Å². The Hall–Kier alpha value is -0.950. The predicted octanol–water partition coefficient (Wildman–Crippen LogP) is 0.645. The number of nitrogens with one attached hydrogen (secondary N) is 1. The third-order valence-corrected chi connectivity index (χ3v) is 4.92. The molecule has 1 atom stereocenters. The highest BCUT2D eigenvalue weighted by Crippen LogP contribution is 2.21. The van der Waals surface area contributed by atoms with Crippen LogP contribution in [0, 0.1) is 0 Å². The third-order valence-electron chi connectivity index (χ3n) is 3.27. The summed E-state index contributed by atoms with van der Waals surface area (Å²) in [5.41, 5.74) is 6.00. The van der Waals surface area contributed by atoms with E-state index in [1.807, 2.05) is 6.92 Å². The first-order valence-corrected chi connectivity index (χ1v) is 7.84. The minimum atomic E-state index is -3.50. The summed E-state index contributed by atoms with van der Waals surface area (Å²) < 4.78 is 32.5. The number of ether oxygens (including phenoxy) is 1. The molecule has 6 heteroatoms. The summed E-state index contributed by atoms with van der Waals surface area (Å²) in [6.45, 7) is 3.42. The molecule has 0 amide bonds. The standard InChI is InChI=1S/C13H20N2O3S/c1-13(7-9-18-10-13)15-19(16,17)12-4-2-11(3-5-12)6-8-14/h2-5,15H,6-10,14H2,1H3. The maximum absolute atomic E-state index is 12.3. The topological polar surface area (TPSA) is 81.4 Å². The summed E-state index contributed by atoms with van der Waals surface area (Å²) in [4.78, 5) is 0.279. The van der Waals surface area contributed by atoms with Crippen LogP contribution < -0.4 is 10.5 Å². The lowest BCUT2D eigenvalue weighted by molar-refractivity contribution is 0.178. The maximum Gasteiger partial charge on any atom is 0.241 e. The van der Waals surface area contributed by atoms with Crippen LogP contribution in [0.1, 0.15) is 18.9 Å². The largest absolute Gasteiger partial charge is 0.379 e. The van der Waals surface area contributed by atoms with Gasteiger partial charge in [0.2, 0.25) is 10.0 Å². The number of rotatable bonds is 5. The van der Waals surface area contributed by atoms with Crippen molar-refractivity contribution in [2.45, 2.75) is 30.2 Å². The molecule has 0 aliphatic carbocycles. The molecular formula is C13H20N2O3S. The van der Waals surface area contributed by atoms with E-state index in [2.05, 4.69) is 4.72 Å². The molecule has 0 bridgehead atoms.